The van der Waals surface area contributed by atoms with Gasteiger partial charge in [0, 0.05) is 22.5 Å². The molecule has 144 valence electrons. The minimum atomic E-state index is -0.572. The number of hydrogen-bond donors (Lipinski definition) is 2. The fraction of sp³-hybridized carbons (Fsp3) is 0.105. The van der Waals surface area contributed by atoms with E-state index in [0.29, 0.717) is 27.3 Å². The van der Waals surface area contributed by atoms with Gasteiger partial charge in [-0.2, -0.15) is 0 Å². The minimum absolute atomic E-state index is 0.0909. The Balaban J connectivity index is 1.66. The van der Waals surface area contributed by atoms with Gasteiger partial charge in [-0.25, -0.2) is 9.37 Å². The molecule has 0 bridgehead atoms. The van der Waals surface area contributed by atoms with Crippen molar-refractivity contribution in [1.29, 1.82) is 0 Å². The van der Waals surface area contributed by atoms with E-state index in [1.54, 1.807) is 6.07 Å². The summed E-state index contributed by atoms with van der Waals surface area (Å²) in [6, 6.07) is 12.5. The van der Waals surface area contributed by atoms with Crippen LogP contribution in [0.1, 0.15) is 11.3 Å². The van der Waals surface area contributed by atoms with Crippen LogP contribution in [0.2, 0.25) is 10.0 Å². The van der Waals surface area contributed by atoms with E-state index in [-0.39, 0.29) is 17.0 Å². The largest absolute Gasteiger partial charge is 0.326 e. The smallest absolute Gasteiger partial charge is 0.251 e. The Hall–Kier alpha value is -2.35. The van der Waals surface area contributed by atoms with Crippen molar-refractivity contribution < 1.29 is 9.18 Å². The second-order valence-electron chi connectivity index (χ2n) is 5.81. The zero-order valence-electron chi connectivity index (χ0n) is 14.3. The van der Waals surface area contributed by atoms with Crippen molar-refractivity contribution in [3.8, 4) is 0 Å². The van der Waals surface area contributed by atoms with Crippen LogP contribution in [0.3, 0.4) is 0 Å². The molecule has 3 rings (SSSR count). The van der Waals surface area contributed by atoms with Crippen molar-refractivity contribution in [2.45, 2.75) is 17.3 Å². The third kappa shape index (κ3) is 5.82. The monoisotopic (exact) mass is 437 g/mol. The van der Waals surface area contributed by atoms with Gasteiger partial charge in [-0.3, -0.25) is 9.59 Å². The van der Waals surface area contributed by atoms with E-state index in [4.69, 9.17) is 23.2 Å². The van der Waals surface area contributed by atoms with Gasteiger partial charge < -0.3 is 10.3 Å². The predicted molar refractivity (Wildman–Crippen MR) is 110 cm³/mol. The van der Waals surface area contributed by atoms with Crippen molar-refractivity contribution in [2.24, 2.45) is 0 Å². The highest BCUT2D eigenvalue weighted by atomic mass is 35.5. The number of thioether (sulfide) groups is 1. The number of amides is 1. The lowest BCUT2D eigenvalue weighted by molar-refractivity contribution is -0.115. The number of anilines is 1. The number of halogens is 3. The van der Waals surface area contributed by atoms with E-state index in [1.807, 2.05) is 18.2 Å². The summed E-state index contributed by atoms with van der Waals surface area (Å²) in [6.45, 7) is 0. The summed E-state index contributed by atoms with van der Waals surface area (Å²) in [5.41, 5.74) is 1.31. The molecule has 0 fully saturated rings. The van der Waals surface area contributed by atoms with E-state index < -0.39 is 11.7 Å². The number of hydrogen-bond acceptors (Lipinski definition) is 4. The Bertz CT molecular complexity index is 1080. The molecule has 1 amide bonds. The lowest BCUT2D eigenvalue weighted by Crippen LogP contribution is -2.18. The lowest BCUT2D eigenvalue weighted by atomic mass is 10.2. The highest BCUT2D eigenvalue weighted by Gasteiger charge is 2.10. The van der Waals surface area contributed by atoms with Gasteiger partial charge in [0.25, 0.3) is 5.56 Å². The third-order valence-corrected chi connectivity index (χ3v) is 5.05. The number of carbonyl (C=O) groups excluding carboxylic acids is 1. The highest BCUT2D eigenvalue weighted by molar-refractivity contribution is 7.98. The molecule has 0 aliphatic carbocycles. The molecule has 0 saturated heterocycles. The first-order chi connectivity index (χ1) is 13.4. The average molecular weight is 438 g/mol. The van der Waals surface area contributed by atoms with Gasteiger partial charge in [-0.15, -0.1) is 0 Å². The molecule has 5 nitrogen and oxygen atoms in total. The SMILES string of the molecule is O=C(Cc1cc(=O)[nH]c(SCc2cccc(Cl)c2)n1)Nc1ccc(F)c(Cl)c1. The summed E-state index contributed by atoms with van der Waals surface area (Å²) in [4.78, 5) is 31.0. The van der Waals surface area contributed by atoms with Crippen molar-refractivity contribution in [3.05, 3.63) is 86.0 Å². The van der Waals surface area contributed by atoms with Crippen LogP contribution in [0.5, 0.6) is 0 Å². The van der Waals surface area contributed by atoms with Gasteiger partial charge in [0.15, 0.2) is 5.16 Å². The summed E-state index contributed by atoms with van der Waals surface area (Å²) in [7, 11) is 0. The molecule has 0 atom stereocenters. The number of aromatic nitrogens is 2. The maximum atomic E-state index is 13.2. The fourth-order valence-corrected chi connectivity index (χ4v) is 3.60. The Labute approximate surface area is 174 Å². The zero-order valence-corrected chi connectivity index (χ0v) is 16.7. The Kier molecular flexibility index (Phi) is 6.72. The first-order valence-electron chi connectivity index (χ1n) is 8.11. The summed E-state index contributed by atoms with van der Waals surface area (Å²) >= 11 is 13.0. The number of benzene rings is 2. The maximum Gasteiger partial charge on any atom is 0.251 e. The van der Waals surface area contributed by atoms with Gasteiger partial charge in [0.2, 0.25) is 5.91 Å². The summed E-state index contributed by atoms with van der Waals surface area (Å²) in [5.74, 6) is -0.406. The molecule has 28 heavy (non-hydrogen) atoms. The molecule has 0 unspecified atom stereocenters. The first-order valence-corrected chi connectivity index (χ1v) is 9.85. The Morgan fingerprint density at radius 3 is 2.75 bits per heavy atom. The topological polar surface area (TPSA) is 74.8 Å². The van der Waals surface area contributed by atoms with Crippen molar-refractivity contribution in [3.63, 3.8) is 0 Å². The lowest BCUT2D eigenvalue weighted by Gasteiger charge is -2.07. The van der Waals surface area contributed by atoms with Crippen molar-refractivity contribution in [1.82, 2.24) is 9.97 Å². The van der Waals surface area contributed by atoms with Crippen LogP contribution in [0, 0.1) is 5.82 Å². The zero-order chi connectivity index (χ0) is 20.1. The van der Waals surface area contributed by atoms with Crippen LogP contribution >= 0.6 is 35.0 Å². The highest BCUT2D eigenvalue weighted by Crippen LogP contribution is 2.21. The van der Waals surface area contributed by atoms with E-state index in [9.17, 15) is 14.0 Å². The Morgan fingerprint density at radius 1 is 1.18 bits per heavy atom. The molecule has 0 spiro atoms. The van der Waals surface area contributed by atoms with E-state index in [1.165, 1.54) is 30.0 Å². The van der Waals surface area contributed by atoms with E-state index in [2.05, 4.69) is 15.3 Å². The molecule has 0 aliphatic heterocycles. The summed E-state index contributed by atoms with van der Waals surface area (Å²) in [6.07, 6.45) is -0.107. The molecule has 1 heterocycles. The molecule has 2 N–H and O–H groups in total. The average Bonchev–Trinajstić information content (AvgIpc) is 2.63. The standard InChI is InChI=1S/C19H14Cl2FN3O2S/c20-12-3-1-2-11(6-12)10-28-19-24-14(9-18(27)25-19)8-17(26)23-13-4-5-16(22)15(21)7-13/h1-7,9H,8,10H2,(H,23,26)(H,24,25,27). The molecular weight excluding hydrogens is 424 g/mol. The van der Waals surface area contributed by atoms with Gasteiger partial charge in [-0.1, -0.05) is 47.1 Å². The van der Waals surface area contributed by atoms with Crippen LogP contribution in [0.4, 0.5) is 10.1 Å². The van der Waals surface area contributed by atoms with Gasteiger partial charge >= 0.3 is 0 Å². The van der Waals surface area contributed by atoms with Crippen LogP contribution in [-0.4, -0.2) is 15.9 Å². The van der Waals surface area contributed by atoms with Crippen LogP contribution in [0.15, 0.2) is 58.5 Å². The van der Waals surface area contributed by atoms with Gasteiger partial charge in [0.1, 0.15) is 5.82 Å². The third-order valence-electron chi connectivity index (χ3n) is 3.58. The fourth-order valence-electron chi connectivity index (χ4n) is 2.36. The van der Waals surface area contributed by atoms with Crippen molar-refractivity contribution >= 4 is 46.6 Å². The number of H-pyrrole nitrogens is 1. The molecule has 9 heteroatoms. The normalized spacial score (nSPS) is 10.7. The van der Waals surface area contributed by atoms with Crippen LogP contribution < -0.4 is 10.9 Å². The van der Waals surface area contributed by atoms with Crippen LogP contribution in [-0.2, 0) is 17.0 Å². The molecule has 1 aromatic heterocycles. The molecule has 0 radical (unpaired) electrons. The number of rotatable bonds is 6. The molecule has 0 saturated carbocycles. The maximum absolute atomic E-state index is 13.2. The minimum Gasteiger partial charge on any atom is -0.326 e. The van der Waals surface area contributed by atoms with E-state index in [0.717, 1.165) is 11.6 Å². The van der Waals surface area contributed by atoms with Gasteiger partial charge in [-0.05, 0) is 35.9 Å². The molecule has 0 aliphatic rings. The summed E-state index contributed by atoms with van der Waals surface area (Å²) in [5, 5.41) is 3.54. The molecular formula is C19H14Cl2FN3O2S. The van der Waals surface area contributed by atoms with E-state index >= 15 is 0 Å². The predicted octanol–water partition coefficient (Wildman–Crippen LogP) is 4.69. The number of aromatic amines is 1. The summed E-state index contributed by atoms with van der Waals surface area (Å²) < 4.78 is 13.2. The molecule has 2 aromatic carbocycles. The quantitative estimate of drug-likeness (QED) is 0.433. The Morgan fingerprint density at radius 2 is 2.00 bits per heavy atom. The van der Waals surface area contributed by atoms with Gasteiger partial charge in [0.05, 0.1) is 17.1 Å². The number of carbonyl (C=O) groups is 1. The van der Waals surface area contributed by atoms with Crippen molar-refractivity contribution in [2.75, 3.05) is 5.32 Å². The first kappa shape index (κ1) is 20.4. The second kappa shape index (κ2) is 9.23. The number of nitrogens with zero attached hydrogens (tertiary/aromatic N) is 1. The van der Waals surface area contributed by atoms with Crippen LogP contribution in [0.25, 0.3) is 0 Å². The molecule has 3 aromatic rings. The second-order valence-corrected chi connectivity index (χ2v) is 7.62. The number of nitrogens with one attached hydrogen (secondary N) is 2.